The number of allylic oxidation sites excluding steroid dienone is 1. The molecule has 5 rings (SSSR count). The SMILES string of the molecule is CN(C)c1cc(CN2CCCCC2)c(O)c2c1C[C@H]1C[C@H]3C(N(C)C)C(O)=C(C(N)=O)C(=O)[C@@]3(O)C(O)=C1C2=O. The number of nitrogens with zero attached hydrogens (tertiary/aromatic N) is 3. The van der Waals surface area contributed by atoms with Gasteiger partial charge in [0.25, 0.3) is 5.91 Å². The van der Waals surface area contributed by atoms with E-state index in [1.807, 2.05) is 25.1 Å². The lowest BCUT2D eigenvalue weighted by molar-refractivity contribution is -0.148. The molecule has 0 bridgehead atoms. The first-order chi connectivity index (χ1) is 18.8. The largest absolute Gasteiger partial charge is 0.510 e. The van der Waals surface area contributed by atoms with Crippen molar-refractivity contribution in [3.8, 4) is 5.75 Å². The summed E-state index contributed by atoms with van der Waals surface area (Å²) in [6.07, 6.45) is 3.61. The van der Waals surface area contributed by atoms with Crippen LogP contribution in [0.3, 0.4) is 0 Å². The Bertz CT molecular complexity index is 1360. The molecule has 1 aromatic rings. The van der Waals surface area contributed by atoms with Crippen molar-refractivity contribution in [1.29, 1.82) is 0 Å². The normalized spacial score (nSPS) is 28.9. The number of phenols is 1. The van der Waals surface area contributed by atoms with E-state index >= 15 is 0 Å². The molecule has 4 aliphatic rings. The lowest BCUT2D eigenvalue weighted by atomic mass is 9.58. The molecule has 1 aliphatic heterocycles. The lowest BCUT2D eigenvalue weighted by Crippen LogP contribution is -2.63. The number of aliphatic hydroxyl groups is 3. The predicted molar refractivity (Wildman–Crippen MR) is 147 cm³/mol. The molecule has 40 heavy (non-hydrogen) atoms. The highest BCUT2D eigenvalue weighted by molar-refractivity contribution is 6.24. The number of benzene rings is 1. The molecule has 1 fully saturated rings. The van der Waals surface area contributed by atoms with Gasteiger partial charge >= 0.3 is 0 Å². The molecule has 6 N–H and O–H groups in total. The fraction of sp³-hybridized carbons (Fsp3) is 0.552. The van der Waals surface area contributed by atoms with Crippen LogP contribution in [0.2, 0.25) is 0 Å². The molecule has 216 valence electrons. The zero-order valence-electron chi connectivity index (χ0n) is 23.4. The third kappa shape index (κ3) is 4.02. The molecule has 4 atom stereocenters. The summed E-state index contributed by atoms with van der Waals surface area (Å²) < 4.78 is 0. The molecule has 0 saturated carbocycles. The third-order valence-corrected chi connectivity index (χ3v) is 9.10. The van der Waals surface area contributed by atoms with Gasteiger partial charge in [0.15, 0.2) is 11.4 Å². The minimum Gasteiger partial charge on any atom is -0.510 e. The minimum atomic E-state index is -2.64. The van der Waals surface area contributed by atoms with Gasteiger partial charge in [0.2, 0.25) is 5.78 Å². The number of carbonyl (C=O) groups is 3. The van der Waals surface area contributed by atoms with Gasteiger partial charge < -0.3 is 31.1 Å². The first kappa shape index (κ1) is 28.1. The van der Waals surface area contributed by atoms with E-state index in [1.54, 1.807) is 19.0 Å². The summed E-state index contributed by atoms with van der Waals surface area (Å²) in [6, 6.07) is 0.892. The highest BCUT2D eigenvalue weighted by atomic mass is 16.3. The Morgan fingerprint density at radius 2 is 1.75 bits per heavy atom. The monoisotopic (exact) mass is 554 g/mol. The van der Waals surface area contributed by atoms with Crippen LogP contribution in [0.1, 0.15) is 47.2 Å². The van der Waals surface area contributed by atoms with Crippen molar-refractivity contribution in [3.63, 3.8) is 0 Å². The Morgan fingerprint density at radius 3 is 2.33 bits per heavy atom. The quantitative estimate of drug-likeness (QED) is 0.333. The summed E-state index contributed by atoms with van der Waals surface area (Å²) in [7, 11) is 6.94. The standard InChI is InChI=1S/C29H38N4O7/c1-31(2)18-12-15(13-33-8-6-5-7-9-33)23(34)20-16(18)10-14-11-17-22(32(3)4)25(36)21(28(30)39)27(38)29(17,40)26(37)19(14)24(20)35/h12,14,17,22,34,36-37,40H,5-11,13H2,1-4H3,(H2,30,39)/t14-,17-,22?,29-/m0/s1. The van der Waals surface area contributed by atoms with Gasteiger partial charge in [-0.25, -0.2) is 0 Å². The molecule has 1 heterocycles. The second-order valence-corrected chi connectivity index (χ2v) is 12.0. The van der Waals surface area contributed by atoms with E-state index in [4.69, 9.17) is 5.73 Å². The van der Waals surface area contributed by atoms with Crippen LogP contribution in [0.25, 0.3) is 0 Å². The molecule has 0 spiro atoms. The number of piperidine rings is 1. The van der Waals surface area contributed by atoms with Crippen LogP contribution in [0, 0.1) is 11.8 Å². The third-order valence-electron chi connectivity index (χ3n) is 9.10. The van der Waals surface area contributed by atoms with E-state index in [0.29, 0.717) is 17.7 Å². The summed E-state index contributed by atoms with van der Waals surface area (Å²) >= 11 is 0. The topological polar surface area (TPSA) is 168 Å². The molecule has 3 aliphatic carbocycles. The number of anilines is 1. The number of aliphatic hydroxyl groups excluding tert-OH is 2. The van der Waals surface area contributed by atoms with E-state index < -0.39 is 58.0 Å². The average molecular weight is 555 g/mol. The lowest BCUT2D eigenvalue weighted by Gasteiger charge is -2.50. The van der Waals surface area contributed by atoms with Gasteiger partial charge in [0, 0.05) is 43.4 Å². The van der Waals surface area contributed by atoms with Crippen LogP contribution >= 0.6 is 0 Å². The van der Waals surface area contributed by atoms with Crippen molar-refractivity contribution in [2.24, 2.45) is 17.6 Å². The number of hydrogen-bond acceptors (Lipinski definition) is 10. The molecule has 1 aromatic carbocycles. The number of Topliss-reactive ketones (excluding diaryl/α,β-unsaturated/α-hetero) is 2. The Kier molecular flexibility index (Phi) is 6.96. The Morgan fingerprint density at radius 1 is 1.10 bits per heavy atom. The number of nitrogens with two attached hydrogens (primary N) is 1. The zero-order chi connectivity index (χ0) is 29.3. The van der Waals surface area contributed by atoms with Crippen LogP contribution in [-0.4, -0.2) is 101 Å². The zero-order valence-corrected chi connectivity index (χ0v) is 23.4. The van der Waals surface area contributed by atoms with Crippen LogP contribution in [0.15, 0.2) is 28.7 Å². The summed E-state index contributed by atoms with van der Waals surface area (Å²) in [5.74, 6) is -6.38. The summed E-state index contributed by atoms with van der Waals surface area (Å²) in [5, 5.41) is 45.7. The Hall–Kier alpha value is -3.41. The number of amides is 1. The van der Waals surface area contributed by atoms with Crippen molar-refractivity contribution < 1.29 is 34.8 Å². The highest BCUT2D eigenvalue weighted by Crippen LogP contribution is 2.53. The van der Waals surface area contributed by atoms with Gasteiger partial charge in [-0.1, -0.05) is 6.42 Å². The van der Waals surface area contributed by atoms with E-state index in [0.717, 1.165) is 38.0 Å². The minimum absolute atomic E-state index is 0.0546. The number of ketones is 2. The maximum absolute atomic E-state index is 14.1. The molecule has 11 heteroatoms. The van der Waals surface area contributed by atoms with E-state index in [2.05, 4.69) is 4.90 Å². The van der Waals surface area contributed by atoms with Gasteiger partial charge in [-0.15, -0.1) is 0 Å². The number of phenolic OH excluding ortho intramolecular Hbond substituents is 1. The maximum Gasteiger partial charge on any atom is 0.255 e. The number of fused-ring (bicyclic) bond motifs is 3. The summed E-state index contributed by atoms with van der Waals surface area (Å²) in [6.45, 7) is 2.24. The molecule has 11 nitrogen and oxygen atoms in total. The Balaban J connectivity index is 1.67. The first-order valence-electron chi connectivity index (χ1n) is 13.7. The van der Waals surface area contributed by atoms with Crippen LogP contribution in [0.5, 0.6) is 5.75 Å². The number of aromatic hydroxyl groups is 1. The fourth-order valence-corrected chi connectivity index (χ4v) is 7.23. The predicted octanol–water partition coefficient (Wildman–Crippen LogP) is 1.17. The smallest absolute Gasteiger partial charge is 0.255 e. The number of carbonyl (C=O) groups excluding carboxylic acids is 3. The average Bonchev–Trinajstić information content (AvgIpc) is 2.87. The second-order valence-electron chi connectivity index (χ2n) is 12.0. The maximum atomic E-state index is 14.1. The summed E-state index contributed by atoms with van der Waals surface area (Å²) in [4.78, 5) is 45.4. The van der Waals surface area contributed by atoms with Crippen molar-refractivity contribution in [1.82, 2.24) is 9.80 Å². The number of likely N-dealkylation sites (N-methyl/N-ethyl adjacent to an activating group) is 1. The van der Waals surface area contributed by atoms with Gasteiger partial charge in [0.1, 0.15) is 22.8 Å². The van der Waals surface area contributed by atoms with Crippen LogP contribution in [-0.2, 0) is 22.6 Å². The number of likely N-dealkylation sites (tertiary alicyclic amines) is 1. The highest BCUT2D eigenvalue weighted by Gasteiger charge is 2.63. The first-order valence-corrected chi connectivity index (χ1v) is 13.7. The molecule has 1 unspecified atom stereocenters. The molecule has 1 saturated heterocycles. The number of primary amides is 1. The van der Waals surface area contributed by atoms with Gasteiger partial charge in [0.05, 0.1) is 11.6 Å². The van der Waals surface area contributed by atoms with Crippen molar-refractivity contribution >= 4 is 23.2 Å². The number of hydrogen-bond donors (Lipinski definition) is 5. The van der Waals surface area contributed by atoms with Crippen molar-refractivity contribution in [2.75, 3.05) is 46.2 Å². The van der Waals surface area contributed by atoms with Gasteiger partial charge in [-0.2, -0.15) is 0 Å². The van der Waals surface area contributed by atoms with Gasteiger partial charge in [-0.3, -0.25) is 24.2 Å². The van der Waals surface area contributed by atoms with E-state index in [9.17, 15) is 34.8 Å². The summed E-state index contributed by atoms with van der Waals surface area (Å²) in [5.41, 5.74) is 3.85. The molecular formula is C29H38N4O7. The Labute approximate surface area is 233 Å². The second kappa shape index (κ2) is 9.90. The molecule has 0 radical (unpaired) electrons. The molecule has 1 amide bonds. The van der Waals surface area contributed by atoms with Crippen molar-refractivity contribution in [2.45, 2.75) is 50.3 Å². The van der Waals surface area contributed by atoms with E-state index in [1.165, 1.54) is 0 Å². The molecule has 0 aromatic heterocycles. The van der Waals surface area contributed by atoms with Crippen LogP contribution in [0.4, 0.5) is 5.69 Å². The number of rotatable bonds is 5. The van der Waals surface area contributed by atoms with E-state index in [-0.39, 0.29) is 29.7 Å². The molecular weight excluding hydrogens is 516 g/mol. The fourth-order valence-electron chi connectivity index (χ4n) is 7.23. The van der Waals surface area contributed by atoms with Crippen LogP contribution < -0.4 is 10.6 Å². The van der Waals surface area contributed by atoms with Crippen molar-refractivity contribution in [3.05, 3.63) is 45.4 Å². The van der Waals surface area contributed by atoms with Gasteiger partial charge in [-0.05, 0) is 70.4 Å².